The smallest absolute Gasteiger partial charge is 0.151 e. The van der Waals surface area contributed by atoms with Crippen molar-refractivity contribution in [3.05, 3.63) is 0 Å². The number of aliphatic hydroxyl groups is 6. The summed E-state index contributed by atoms with van der Waals surface area (Å²) >= 11 is 0. The monoisotopic (exact) mass is 256 g/mol. The molecule has 0 aliphatic rings. The van der Waals surface area contributed by atoms with E-state index in [1.165, 1.54) is 6.92 Å². The van der Waals surface area contributed by atoms with Crippen LogP contribution in [0.25, 0.3) is 0 Å². The predicted molar refractivity (Wildman–Crippen MR) is 65.0 cm³/mol. The van der Waals surface area contributed by atoms with Gasteiger partial charge in [0.05, 0.1) is 12.7 Å². The maximum atomic E-state index is 8.11. The molecule has 0 radical (unpaired) electrons. The molecule has 0 amide bonds. The van der Waals surface area contributed by atoms with Gasteiger partial charge >= 0.3 is 0 Å². The highest BCUT2D eigenvalue weighted by atomic mass is 16.5. The van der Waals surface area contributed by atoms with E-state index < -0.39 is 18.7 Å². The van der Waals surface area contributed by atoms with Crippen LogP contribution in [-0.4, -0.2) is 55.9 Å². The van der Waals surface area contributed by atoms with Crippen LogP contribution < -0.4 is 0 Å². The summed E-state index contributed by atoms with van der Waals surface area (Å²) in [5.41, 5.74) is 0. The van der Waals surface area contributed by atoms with Crippen molar-refractivity contribution in [3.63, 3.8) is 0 Å². The van der Waals surface area contributed by atoms with Gasteiger partial charge in [-0.25, -0.2) is 0 Å². The van der Waals surface area contributed by atoms with Crippen molar-refractivity contribution in [1.29, 1.82) is 0 Å². The highest BCUT2D eigenvalue weighted by Crippen LogP contribution is 1.88. The first-order valence-electron chi connectivity index (χ1n) is 5.82. The lowest BCUT2D eigenvalue weighted by Crippen LogP contribution is -2.03. The summed E-state index contributed by atoms with van der Waals surface area (Å²) in [6, 6.07) is 0. The van der Waals surface area contributed by atoms with E-state index in [4.69, 9.17) is 30.6 Å². The molecule has 0 rings (SSSR count). The molecule has 17 heavy (non-hydrogen) atoms. The van der Waals surface area contributed by atoms with Gasteiger partial charge in [0.1, 0.15) is 0 Å². The zero-order valence-electron chi connectivity index (χ0n) is 11.0. The van der Waals surface area contributed by atoms with Crippen LogP contribution in [0.3, 0.4) is 0 Å². The van der Waals surface area contributed by atoms with Crippen molar-refractivity contribution < 1.29 is 30.6 Å². The Morgan fingerprint density at radius 3 is 1.00 bits per heavy atom. The third-order valence-corrected chi connectivity index (χ3v) is 1.36. The minimum Gasteiger partial charge on any atom is -0.394 e. The normalized spacial score (nSPS) is 11.5. The molecule has 0 aromatic heterocycles. The third kappa shape index (κ3) is 49.6. The van der Waals surface area contributed by atoms with Gasteiger partial charge in [0, 0.05) is 0 Å². The van der Waals surface area contributed by atoms with Crippen LogP contribution in [0, 0.1) is 0 Å². The van der Waals surface area contributed by atoms with E-state index in [1.54, 1.807) is 0 Å². The van der Waals surface area contributed by atoms with Crippen molar-refractivity contribution >= 4 is 0 Å². The molecule has 0 bridgehead atoms. The maximum absolute atomic E-state index is 8.11. The Kier molecular flexibility index (Phi) is 23.5. The molecule has 0 aliphatic heterocycles. The summed E-state index contributed by atoms with van der Waals surface area (Å²) in [6.07, 6.45) is -0.130. The summed E-state index contributed by atoms with van der Waals surface area (Å²) in [5.74, 6) is 0. The largest absolute Gasteiger partial charge is 0.394 e. The standard InChI is InChI=1S/2C4H10O2.C3H8O2/c2*1-2-3-4(5)6;1-3(5)2-4/h2*4-6H,2-3H2,1H3;3-5H,2H2,1H3. The molecule has 6 N–H and O–H groups in total. The highest BCUT2D eigenvalue weighted by Gasteiger charge is 1.89. The number of rotatable bonds is 5. The molecule has 0 aromatic carbocycles. The fourth-order valence-corrected chi connectivity index (χ4v) is 0.516. The Labute approximate surface area is 103 Å². The topological polar surface area (TPSA) is 121 Å². The number of aliphatic hydroxyl groups excluding tert-OH is 4. The summed E-state index contributed by atoms with van der Waals surface area (Å²) in [5, 5.41) is 48.4. The van der Waals surface area contributed by atoms with Gasteiger partial charge in [-0.05, 0) is 19.8 Å². The van der Waals surface area contributed by atoms with Gasteiger partial charge in [0.25, 0.3) is 0 Å². The van der Waals surface area contributed by atoms with Crippen molar-refractivity contribution in [2.75, 3.05) is 6.61 Å². The molecule has 6 heteroatoms. The molecule has 0 aliphatic carbocycles. The third-order valence-electron chi connectivity index (χ3n) is 1.36. The van der Waals surface area contributed by atoms with E-state index in [0.29, 0.717) is 12.8 Å². The quantitative estimate of drug-likeness (QED) is 0.371. The SMILES string of the molecule is CC(O)CO.CCCC(O)O.CCCC(O)O. The summed E-state index contributed by atoms with van der Waals surface area (Å²) in [4.78, 5) is 0. The molecular weight excluding hydrogens is 228 g/mol. The second-order valence-corrected chi connectivity index (χ2v) is 3.57. The fraction of sp³-hybridized carbons (Fsp3) is 1.00. The van der Waals surface area contributed by atoms with Crippen LogP contribution in [-0.2, 0) is 0 Å². The minimum atomic E-state index is -1.10. The number of hydrogen-bond donors (Lipinski definition) is 6. The molecule has 0 fully saturated rings. The molecule has 0 aromatic rings. The van der Waals surface area contributed by atoms with Crippen molar-refractivity contribution in [1.82, 2.24) is 0 Å². The van der Waals surface area contributed by atoms with E-state index >= 15 is 0 Å². The van der Waals surface area contributed by atoms with Gasteiger partial charge in [-0.1, -0.05) is 26.7 Å². The lowest BCUT2D eigenvalue weighted by molar-refractivity contribution is -0.0460. The Hall–Kier alpha value is -0.240. The second kappa shape index (κ2) is 18.1. The van der Waals surface area contributed by atoms with Gasteiger partial charge in [0.15, 0.2) is 12.6 Å². The first kappa shape index (κ1) is 22.0. The van der Waals surface area contributed by atoms with Gasteiger partial charge in [-0.2, -0.15) is 0 Å². The maximum Gasteiger partial charge on any atom is 0.151 e. The van der Waals surface area contributed by atoms with Crippen LogP contribution in [0.2, 0.25) is 0 Å². The van der Waals surface area contributed by atoms with Crippen LogP contribution in [0.1, 0.15) is 46.5 Å². The first-order chi connectivity index (χ1) is 7.81. The summed E-state index contributed by atoms with van der Waals surface area (Å²) in [7, 11) is 0. The van der Waals surface area contributed by atoms with Crippen LogP contribution in [0.5, 0.6) is 0 Å². The molecule has 0 spiro atoms. The zero-order valence-corrected chi connectivity index (χ0v) is 11.0. The van der Waals surface area contributed by atoms with E-state index in [9.17, 15) is 0 Å². The Morgan fingerprint density at radius 1 is 0.765 bits per heavy atom. The van der Waals surface area contributed by atoms with Crippen LogP contribution in [0.4, 0.5) is 0 Å². The lowest BCUT2D eigenvalue weighted by Gasteiger charge is -1.94. The highest BCUT2D eigenvalue weighted by molar-refractivity contribution is 4.34. The average molecular weight is 256 g/mol. The molecule has 1 atom stereocenters. The van der Waals surface area contributed by atoms with E-state index in [1.807, 2.05) is 13.8 Å². The summed E-state index contributed by atoms with van der Waals surface area (Å²) in [6.45, 7) is 5.19. The molecule has 0 saturated heterocycles. The molecule has 1 unspecified atom stereocenters. The van der Waals surface area contributed by atoms with Crippen LogP contribution in [0.15, 0.2) is 0 Å². The second-order valence-electron chi connectivity index (χ2n) is 3.57. The molecule has 108 valence electrons. The van der Waals surface area contributed by atoms with E-state index in [2.05, 4.69) is 0 Å². The van der Waals surface area contributed by atoms with Crippen molar-refractivity contribution in [2.45, 2.75) is 65.1 Å². The Balaban J connectivity index is -0.000000174. The predicted octanol–water partition coefficient (Wildman–Crippen LogP) is -0.446. The van der Waals surface area contributed by atoms with E-state index in [-0.39, 0.29) is 6.61 Å². The molecule has 6 nitrogen and oxygen atoms in total. The van der Waals surface area contributed by atoms with Crippen molar-refractivity contribution in [3.8, 4) is 0 Å². The summed E-state index contributed by atoms with van der Waals surface area (Å²) < 4.78 is 0. The van der Waals surface area contributed by atoms with E-state index in [0.717, 1.165) is 12.8 Å². The molecule has 0 heterocycles. The van der Waals surface area contributed by atoms with Gasteiger partial charge in [0.2, 0.25) is 0 Å². The van der Waals surface area contributed by atoms with Crippen molar-refractivity contribution in [2.24, 2.45) is 0 Å². The fourth-order valence-electron chi connectivity index (χ4n) is 0.516. The Bertz CT molecular complexity index is 107. The number of hydrogen-bond acceptors (Lipinski definition) is 6. The zero-order chi connectivity index (χ0) is 14.3. The minimum absolute atomic E-state index is 0.139. The Morgan fingerprint density at radius 2 is 1.00 bits per heavy atom. The van der Waals surface area contributed by atoms with Gasteiger partial charge < -0.3 is 30.6 Å². The molecular formula is C11H28O6. The average Bonchev–Trinajstić information content (AvgIpc) is 2.19. The van der Waals surface area contributed by atoms with Gasteiger partial charge in [-0.15, -0.1) is 0 Å². The van der Waals surface area contributed by atoms with Gasteiger partial charge in [-0.3, -0.25) is 0 Å². The molecule has 0 saturated carbocycles. The first-order valence-corrected chi connectivity index (χ1v) is 5.82. The lowest BCUT2D eigenvalue weighted by atomic mass is 10.3. The van der Waals surface area contributed by atoms with Crippen LogP contribution >= 0.6 is 0 Å².